The van der Waals surface area contributed by atoms with Crippen molar-refractivity contribution in [2.75, 3.05) is 0 Å². The van der Waals surface area contributed by atoms with Crippen molar-refractivity contribution in [3.05, 3.63) is 133 Å². The summed E-state index contributed by atoms with van der Waals surface area (Å²) in [5.41, 5.74) is 0. The fraction of sp³-hybridized carbons (Fsp3) is 0. The summed E-state index contributed by atoms with van der Waals surface area (Å²) in [5, 5.41) is 0. The molecule has 178 valence electrons. The molecule has 0 saturated carbocycles. The molecule has 0 spiro atoms. The molecule has 36 heavy (non-hydrogen) atoms. The van der Waals surface area contributed by atoms with Gasteiger partial charge in [-0.25, -0.2) is 8.78 Å². The largest absolute Gasteiger partial charge is 0.453 e. The molecule has 0 fully saturated rings. The van der Waals surface area contributed by atoms with Crippen LogP contribution in [-0.4, -0.2) is 0 Å². The predicted molar refractivity (Wildman–Crippen MR) is 132 cm³/mol. The van der Waals surface area contributed by atoms with E-state index < -0.39 is 0 Å². The molecule has 0 atom stereocenters. The van der Waals surface area contributed by atoms with Crippen LogP contribution < -0.4 is 18.9 Å². The fourth-order valence-electron chi connectivity index (χ4n) is 3.38. The minimum Gasteiger partial charge on any atom is -0.453 e. The van der Waals surface area contributed by atoms with Gasteiger partial charge in [0.25, 0.3) is 0 Å². The lowest BCUT2D eigenvalue weighted by atomic mass is 10.3. The molecule has 0 aliphatic carbocycles. The molecule has 5 aromatic carbocycles. The van der Waals surface area contributed by atoms with Crippen LogP contribution in [0.2, 0.25) is 0 Å². The van der Waals surface area contributed by atoms with Crippen LogP contribution in [0.3, 0.4) is 0 Å². The average molecular weight is 482 g/mol. The molecular weight excluding hydrogens is 462 g/mol. The Morgan fingerprint density at radius 1 is 0.333 bits per heavy atom. The van der Waals surface area contributed by atoms with Crippen molar-refractivity contribution in [1.29, 1.82) is 0 Å². The minimum absolute atomic E-state index is 0.369. The molecular formula is C30H20F2O4. The normalized spacial score (nSPS) is 10.5. The average Bonchev–Trinajstić information content (AvgIpc) is 2.88. The third kappa shape index (κ3) is 5.80. The van der Waals surface area contributed by atoms with Crippen molar-refractivity contribution in [2.45, 2.75) is 0 Å². The van der Waals surface area contributed by atoms with Crippen LogP contribution in [0.25, 0.3) is 0 Å². The first kappa shape index (κ1) is 22.9. The van der Waals surface area contributed by atoms with Gasteiger partial charge in [-0.2, -0.15) is 0 Å². The number of hydrogen-bond donors (Lipinski definition) is 0. The van der Waals surface area contributed by atoms with Gasteiger partial charge in [0.2, 0.25) is 0 Å². The number of halogens is 2. The molecule has 0 heterocycles. The molecule has 0 unspecified atom stereocenters. The molecule has 0 saturated heterocycles. The van der Waals surface area contributed by atoms with Gasteiger partial charge in [0.15, 0.2) is 23.0 Å². The second-order valence-electron chi connectivity index (χ2n) is 7.69. The third-order valence-corrected chi connectivity index (χ3v) is 5.03. The van der Waals surface area contributed by atoms with Crippen LogP contribution in [0.5, 0.6) is 46.0 Å². The summed E-state index contributed by atoms with van der Waals surface area (Å²) in [7, 11) is 0. The number of para-hydroxylation sites is 4. The molecule has 6 heteroatoms. The molecule has 5 rings (SSSR count). The third-order valence-electron chi connectivity index (χ3n) is 5.03. The first-order valence-corrected chi connectivity index (χ1v) is 11.1. The Labute approximate surface area is 206 Å². The zero-order valence-corrected chi connectivity index (χ0v) is 18.9. The Morgan fingerprint density at radius 2 is 0.667 bits per heavy atom. The van der Waals surface area contributed by atoms with Crippen molar-refractivity contribution < 1.29 is 27.7 Å². The number of benzene rings is 5. The molecule has 0 aromatic heterocycles. The summed E-state index contributed by atoms with van der Waals surface area (Å²) in [6, 6.07) is 33.1. The van der Waals surface area contributed by atoms with E-state index in [1.54, 1.807) is 72.8 Å². The molecule has 5 aromatic rings. The van der Waals surface area contributed by atoms with Crippen LogP contribution in [0.15, 0.2) is 121 Å². The van der Waals surface area contributed by atoms with Crippen LogP contribution in [0.1, 0.15) is 0 Å². The minimum atomic E-state index is -0.385. The Kier molecular flexibility index (Phi) is 6.76. The molecule has 0 N–H and O–H groups in total. The fourth-order valence-corrected chi connectivity index (χ4v) is 3.38. The summed E-state index contributed by atoms with van der Waals surface area (Å²) in [6.45, 7) is 0. The van der Waals surface area contributed by atoms with Crippen molar-refractivity contribution in [1.82, 2.24) is 0 Å². The Balaban J connectivity index is 1.29. The highest BCUT2D eigenvalue weighted by molar-refractivity contribution is 5.48. The highest BCUT2D eigenvalue weighted by atomic mass is 19.1. The van der Waals surface area contributed by atoms with Gasteiger partial charge in [-0.05, 0) is 72.8 Å². The summed E-state index contributed by atoms with van der Waals surface area (Å²) >= 11 is 0. The molecule has 0 aliphatic rings. The maximum absolute atomic E-state index is 13.5. The summed E-state index contributed by atoms with van der Waals surface area (Å²) in [5.74, 6) is 2.94. The second-order valence-corrected chi connectivity index (χ2v) is 7.69. The van der Waals surface area contributed by atoms with E-state index >= 15 is 0 Å². The zero-order valence-electron chi connectivity index (χ0n) is 18.9. The topological polar surface area (TPSA) is 36.9 Å². The van der Waals surface area contributed by atoms with Gasteiger partial charge in [-0.1, -0.05) is 36.4 Å². The maximum atomic E-state index is 13.5. The van der Waals surface area contributed by atoms with E-state index in [0.29, 0.717) is 46.0 Å². The first-order chi connectivity index (χ1) is 17.6. The van der Waals surface area contributed by atoms with E-state index in [4.69, 9.17) is 18.9 Å². The van der Waals surface area contributed by atoms with E-state index in [2.05, 4.69) is 0 Å². The van der Waals surface area contributed by atoms with Crippen LogP contribution in [0, 0.1) is 11.6 Å². The maximum Gasteiger partial charge on any atom is 0.169 e. The standard InChI is InChI=1S/C30H20F2O4/c31-21-7-5-9-25(19-21)35-29-13-3-1-11-27(29)33-23-15-17-24(18-16-23)34-28-12-2-4-14-30(28)36-26-10-6-8-22(32)20-26/h1-20H. The second kappa shape index (κ2) is 10.6. The van der Waals surface area contributed by atoms with Crippen LogP contribution in [0.4, 0.5) is 8.78 Å². The smallest absolute Gasteiger partial charge is 0.169 e. The SMILES string of the molecule is Fc1cccc(Oc2ccccc2Oc2ccc(Oc3ccccc3Oc3cccc(F)c3)cc2)c1. The van der Waals surface area contributed by atoms with Gasteiger partial charge in [0, 0.05) is 12.1 Å². The van der Waals surface area contributed by atoms with Crippen molar-refractivity contribution >= 4 is 0 Å². The highest BCUT2D eigenvalue weighted by Gasteiger charge is 2.10. The Bertz CT molecular complexity index is 1360. The van der Waals surface area contributed by atoms with Gasteiger partial charge in [0.05, 0.1) is 0 Å². The molecule has 4 nitrogen and oxygen atoms in total. The van der Waals surface area contributed by atoms with E-state index in [-0.39, 0.29) is 11.6 Å². The number of ether oxygens (including phenoxy) is 4. The van der Waals surface area contributed by atoms with Gasteiger partial charge >= 0.3 is 0 Å². The Morgan fingerprint density at radius 3 is 1.00 bits per heavy atom. The van der Waals surface area contributed by atoms with Gasteiger partial charge < -0.3 is 18.9 Å². The van der Waals surface area contributed by atoms with Crippen molar-refractivity contribution in [3.8, 4) is 46.0 Å². The quantitative estimate of drug-likeness (QED) is 0.221. The van der Waals surface area contributed by atoms with E-state index in [9.17, 15) is 8.78 Å². The summed E-state index contributed by atoms with van der Waals surface area (Å²) in [4.78, 5) is 0. The monoisotopic (exact) mass is 482 g/mol. The lowest BCUT2D eigenvalue weighted by Gasteiger charge is -2.14. The number of hydrogen-bond acceptors (Lipinski definition) is 4. The van der Waals surface area contributed by atoms with Crippen LogP contribution >= 0.6 is 0 Å². The number of rotatable bonds is 8. The van der Waals surface area contributed by atoms with Gasteiger partial charge in [0.1, 0.15) is 34.6 Å². The zero-order chi connectivity index (χ0) is 24.7. The highest BCUT2D eigenvalue weighted by Crippen LogP contribution is 2.37. The predicted octanol–water partition coefficient (Wildman–Crippen LogP) is 9.13. The van der Waals surface area contributed by atoms with Crippen LogP contribution in [-0.2, 0) is 0 Å². The first-order valence-electron chi connectivity index (χ1n) is 11.1. The van der Waals surface area contributed by atoms with Crippen molar-refractivity contribution in [3.63, 3.8) is 0 Å². The molecule has 0 bridgehead atoms. The van der Waals surface area contributed by atoms with E-state index in [1.807, 2.05) is 24.3 Å². The summed E-state index contributed by atoms with van der Waals surface area (Å²) < 4.78 is 50.6. The lowest BCUT2D eigenvalue weighted by molar-refractivity contribution is 0.411. The van der Waals surface area contributed by atoms with Crippen molar-refractivity contribution in [2.24, 2.45) is 0 Å². The van der Waals surface area contributed by atoms with E-state index in [1.165, 1.54) is 24.3 Å². The van der Waals surface area contributed by atoms with Gasteiger partial charge in [-0.15, -0.1) is 0 Å². The Hall–Kier alpha value is -4.84. The molecule has 0 radical (unpaired) electrons. The summed E-state index contributed by atoms with van der Waals surface area (Å²) in [6.07, 6.45) is 0. The lowest BCUT2D eigenvalue weighted by Crippen LogP contribution is -1.92. The van der Waals surface area contributed by atoms with E-state index in [0.717, 1.165) is 0 Å². The van der Waals surface area contributed by atoms with Gasteiger partial charge in [-0.3, -0.25) is 0 Å². The molecule has 0 amide bonds. The molecule has 0 aliphatic heterocycles.